The molecule has 2 heterocycles. The van der Waals surface area contributed by atoms with E-state index in [1.54, 1.807) is 0 Å². The number of carboxylic acids is 2. The third kappa shape index (κ3) is 6.77. The van der Waals surface area contributed by atoms with E-state index in [0.717, 1.165) is 51.1 Å². The summed E-state index contributed by atoms with van der Waals surface area (Å²) in [6.45, 7) is 11.1. The number of rotatable bonds is 7. The fourth-order valence-corrected chi connectivity index (χ4v) is 7.12. The molecule has 5 rings (SSSR count). The van der Waals surface area contributed by atoms with Crippen LogP contribution in [0.4, 0.5) is 0 Å². The molecule has 3 N–H and O–H groups in total. The number of benzene rings is 1. The van der Waals surface area contributed by atoms with Gasteiger partial charge in [-0.2, -0.15) is 0 Å². The van der Waals surface area contributed by atoms with Gasteiger partial charge in [0.25, 0.3) is 0 Å². The molecule has 1 saturated heterocycles. The molecule has 5 atom stereocenters. The van der Waals surface area contributed by atoms with Crippen LogP contribution in [0, 0.1) is 11.8 Å². The van der Waals surface area contributed by atoms with Gasteiger partial charge in [-0.25, -0.2) is 9.59 Å². The average Bonchev–Trinajstić information content (AvgIpc) is 3.28. The van der Waals surface area contributed by atoms with Crippen molar-refractivity contribution in [2.45, 2.75) is 96.7 Å². The number of nitrogens with zero attached hydrogens (tertiary/aromatic N) is 2. The molecule has 2 aromatic rings. The zero-order valence-electron chi connectivity index (χ0n) is 24.3. The van der Waals surface area contributed by atoms with Gasteiger partial charge in [0, 0.05) is 59.8 Å². The Kier molecular flexibility index (Phi) is 9.72. The number of carbonyl (C=O) groups excluding carboxylic acids is 1. The number of carboxylic acid groups (broad SMARTS) is 2. The summed E-state index contributed by atoms with van der Waals surface area (Å²) in [5.41, 5.74) is 4.36. The van der Waals surface area contributed by atoms with Crippen molar-refractivity contribution in [3.63, 3.8) is 0 Å². The minimum Gasteiger partial charge on any atom is -0.478 e. The van der Waals surface area contributed by atoms with Crippen LogP contribution < -0.4 is 5.32 Å². The molecule has 8 nitrogen and oxygen atoms in total. The second kappa shape index (κ2) is 13.0. The Morgan fingerprint density at radius 2 is 1.82 bits per heavy atom. The highest BCUT2D eigenvalue weighted by Crippen LogP contribution is 2.46. The van der Waals surface area contributed by atoms with Gasteiger partial charge in [-0.1, -0.05) is 38.8 Å². The molecule has 218 valence electrons. The SMILES string of the molecule is CCCN1C[C@H](C(=O)NC2CCCC(C)C2)CC2c3cccc4c3c(cn4C(C)C)C[C@H]21.O=C(O)/C=C\C(=O)O. The molecule has 0 spiro atoms. The van der Waals surface area contributed by atoms with Crippen LogP contribution in [0.3, 0.4) is 0 Å². The highest BCUT2D eigenvalue weighted by Gasteiger charge is 2.43. The van der Waals surface area contributed by atoms with Crippen molar-refractivity contribution in [2.75, 3.05) is 13.1 Å². The standard InChI is InChI=1S/C28H41N3O.C4H4O4/c1-5-12-30-16-21(28(32)29-22-9-6-8-19(4)13-22)14-24-23-10-7-11-25-27(23)20(15-26(24)30)17-31(25)18(2)3;5-3(6)1-2-4(7)8/h7,10-11,17-19,21-22,24,26H,5-6,8-9,12-16H2,1-4H3,(H,29,32);1-2H,(H,5,6)(H,7,8)/b;2-1-/t19?,21-,22?,24?,26-;/m1./s1. The van der Waals surface area contributed by atoms with Crippen LogP contribution in [-0.4, -0.2) is 62.7 Å². The van der Waals surface area contributed by atoms with Gasteiger partial charge in [0.05, 0.1) is 5.92 Å². The van der Waals surface area contributed by atoms with Crippen LogP contribution >= 0.6 is 0 Å². The van der Waals surface area contributed by atoms with Gasteiger partial charge in [0.2, 0.25) is 5.91 Å². The molecule has 8 heteroatoms. The van der Waals surface area contributed by atoms with Crippen molar-refractivity contribution in [2.24, 2.45) is 11.8 Å². The Labute approximate surface area is 237 Å². The quantitative estimate of drug-likeness (QED) is 0.399. The predicted octanol–water partition coefficient (Wildman–Crippen LogP) is 5.37. The smallest absolute Gasteiger partial charge is 0.328 e. The Balaban J connectivity index is 0.000000406. The van der Waals surface area contributed by atoms with Gasteiger partial charge >= 0.3 is 11.9 Å². The minimum atomic E-state index is -1.26. The molecule has 2 fully saturated rings. The summed E-state index contributed by atoms with van der Waals surface area (Å²) in [6, 6.07) is 8.23. The van der Waals surface area contributed by atoms with Gasteiger partial charge in [0.15, 0.2) is 0 Å². The maximum absolute atomic E-state index is 13.4. The Morgan fingerprint density at radius 1 is 1.10 bits per heavy atom. The number of hydrogen-bond donors (Lipinski definition) is 3. The Morgan fingerprint density at radius 3 is 2.45 bits per heavy atom. The van der Waals surface area contributed by atoms with E-state index in [2.05, 4.69) is 66.9 Å². The largest absolute Gasteiger partial charge is 0.478 e. The molecular formula is C32H45N3O5. The maximum Gasteiger partial charge on any atom is 0.328 e. The number of aliphatic carboxylic acids is 2. The number of carbonyl (C=O) groups is 3. The van der Waals surface area contributed by atoms with E-state index in [1.807, 2.05) is 0 Å². The lowest BCUT2D eigenvalue weighted by molar-refractivity contribution is -0.134. The first-order valence-corrected chi connectivity index (χ1v) is 14.9. The molecule has 1 amide bonds. The normalized spacial score (nSPS) is 26.3. The summed E-state index contributed by atoms with van der Waals surface area (Å²) >= 11 is 0. The Bertz CT molecular complexity index is 1230. The van der Waals surface area contributed by atoms with Crippen molar-refractivity contribution in [1.29, 1.82) is 0 Å². The number of fused-ring (bicyclic) bond motifs is 2. The van der Waals surface area contributed by atoms with Gasteiger partial charge in [-0.15, -0.1) is 0 Å². The number of aromatic nitrogens is 1. The first-order chi connectivity index (χ1) is 19.1. The average molecular weight is 552 g/mol. The zero-order chi connectivity index (χ0) is 29.0. The van der Waals surface area contributed by atoms with Crippen LogP contribution in [0.25, 0.3) is 10.9 Å². The third-order valence-electron chi connectivity index (χ3n) is 8.81. The second-order valence-corrected chi connectivity index (χ2v) is 12.2. The number of hydrogen-bond acceptors (Lipinski definition) is 4. The van der Waals surface area contributed by atoms with Crippen molar-refractivity contribution in [1.82, 2.24) is 14.8 Å². The van der Waals surface area contributed by atoms with E-state index in [0.29, 0.717) is 42.1 Å². The molecule has 40 heavy (non-hydrogen) atoms. The molecular weight excluding hydrogens is 506 g/mol. The summed E-state index contributed by atoms with van der Waals surface area (Å²) in [5.74, 6) is -0.915. The van der Waals surface area contributed by atoms with Crippen molar-refractivity contribution < 1.29 is 24.6 Å². The summed E-state index contributed by atoms with van der Waals surface area (Å²) in [7, 11) is 0. The Hall–Kier alpha value is -3.13. The third-order valence-corrected chi connectivity index (χ3v) is 8.81. The molecule has 1 aliphatic heterocycles. The van der Waals surface area contributed by atoms with Crippen LogP contribution in [0.2, 0.25) is 0 Å². The molecule has 0 radical (unpaired) electrons. The second-order valence-electron chi connectivity index (χ2n) is 12.2. The molecule has 0 bridgehead atoms. The lowest BCUT2D eigenvalue weighted by atomic mass is 9.72. The van der Waals surface area contributed by atoms with Crippen LogP contribution in [0.1, 0.15) is 89.3 Å². The van der Waals surface area contributed by atoms with E-state index < -0.39 is 11.9 Å². The fraction of sp³-hybridized carbons (Fsp3) is 0.594. The molecule has 1 aromatic heterocycles. The summed E-state index contributed by atoms with van der Waals surface area (Å²) in [6.07, 6.45) is 11.6. The number of nitrogens with one attached hydrogen (secondary N) is 1. The zero-order valence-corrected chi connectivity index (χ0v) is 24.3. The molecule has 1 saturated carbocycles. The van der Waals surface area contributed by atoms with E-state index in [4.69, 9.17) is 10.2 Å². The molecule has 1 aromatic carbocycles. The van der Waals surface area contributed by atoms with Crippen LogP contribution in [0.5, 0.6) is 0 Å². The topological polar surface area (TPSA) is 112 Å². The van der Waals surface area contributed by atoms with Gasteiger partial charge in [-0.3, -0.25) is 9.69 Å². The van der Waals surface area contributed by atoms with Crippen molar-refractivity contribution >= 4 is 28.7 Å². The number of piperidine rings is 1. The van der Waals surface area contributed by atoms with Crippen LogP contribution in [0.15, 0.2) is 36.5 Å². The van der Waals surface area contributed by atoms with Gasteiger partial charge in [0.1, 0.15) is 0 Å². The predicted molar refractivity (Wildman–Crippen MR) is 157 cm³/mol. The van der Waals surface area contributed by atoms with E-state index in [-0.39, 0.29) is 5.92 Å². The summed E-state index contributed by atoms with van der Waals surface area (Å²) < 4.78 is 2.45. The molecule has 3 unspecified atom stereocenters. The molecule has 3 aliphatic rings. The van der Waals surface area contributed by atoms with E-state index in [1.165, 1.54) is 34.9 Å². The number of amides is 1. The van der Waals surface area contributed by atoms with Crippen molar-refractivity contribution in [3.8, 4) is 0 Å². The highest BCUT2D eigenvalue weighted by molar-refractivity contribution is 5.90. The lowest BCUT2D eigenvalue weighted by Gasteiger charge is -2.47. The first kappa shape index (κ1) is 29.8. The highest BCUT2D eigenvalue weighted by atomic mass is 16.4. The van der Waals surface area contributed by atoms with Gasteiger partial charge in [-0.05, 0) is 75.6 Å². The number of likely N-dealkylation sites (tertiary alicyclic amines) is 1. The van der Waals surface area contributed by atoms with Gasteiger partial charge < -0.3 is 20.1 Å². The first-order valence-electron chi connectivity index (χ1n) is 14.9. The van der Waals surface area contributed by atoms with Crippen molar-refractivity contribution in [3.05, 3.63) is 47.7 Å². The minimum absolute atomic E-state index is 0.101. The summed E-state index contributed by atoms with van der Waals surface area (Å²) in [5, 5.41) is 20.6. The lowest BCUT2D eigenvalue weighted by Crippen LogP contribution is -2.54. The summed E-state index contributed by atoms with van der Waals surface area (Å²) in [4.78, 5) is 35.2. The molecule has 2 aliphatic carbocycles. The van der Waals surface area contributed by atoms with Crippen LogP contribution in [-0.2, 0) is 20.8 Å². The maximum atomic E-state index is 13.4. The fourth-order valence-electron chi connectivity index (χ4n) is 7.12. The van der Waals surface area contributed by atoms with E-state index in [9.17, 15) is 14.4 Å². The monoisotopic (exact) mass is 551 g/mol. The van der Waals surface area contributed by atoms with E-state index >= 15 is 0 Å².